The molecular formula is C23H22Cl2O4Si2. The van der Waals surface area contributed by atoms with E-state index in [1.54, 1.807) is 24.3 Å². The Hall–Kier alpha value is -2.13. The average Bonchev–Trinajstić information content (AvgIpc) is 2.65. The van der Waals surface area contributed by atoms with Gasteiger partial charge in [-0.05, 0) is 39.2 Å². The number of hydrogen-bond donors (Lipinski definition) is 0. The van der Waals surface area contributed by atoms with Crippen LogP contribution in [0.3, 0.4) is 0 Å². The normalized spacial score (nSPS) is 16.1. The zero-order valence-electron chi connectivity index (χ0n) is 17.9. The lowest BCUT2D eigenvalue weighted by molar-refractivity contribution is 0.0988. The van der Waals surface area contributed by atoms with E-state index in [0.29, 0.717) is 33.8 Å². The molecule has 0 spiro atoms. The summed E-state index contributed by atoms with van der Waals surface area (Å²) < 4.78 is 12.4. The molecule has 0 heterocycles. The van der Waals surface area contributed by atoms with Crippen LogP contribution >= 0.6 is 22.2 Å². The topological polar surface area (TPSA) is 52.6 Å². The van der Waals surface area contributed by atoms with Crippen molar-refractivity contribution >= 4 is 60.5 Å². The van der Waals surface area contributed by atoms with Crippen LogP contribution in [-0.2, 0) is 8.85 Å². The summed E-state index contributed by atoms with van der Waals surface area (Å²) >= 11 is 13.1. The van der Waals surface area contributed by atoms with Gasteiger partial charge in [0.25, 0.3) is 0 Å². The first-order valence-corrected chi connectivity index (χ1v) is 17.8. The predicted molar refractivity (Wildman–Crippen MR) is 129 cm³/mol. The number of allylic oxidation sites excluding steroid dienone is 2. The van der Waals surface area contributed by atoms with Gasteiger partial charge in [0.1, 0.15) is 11.5 Å². The van der Waals surface area contributed by atoms with Gasteiger partial charge in [0, 0.05) is 22.3 Å². The molecule has 2 aliphatic rings. The lowest BCUT2D eigenvalue weighted by atomic mass is 9.76. The first-order chi connectivity index (χ1) is 14.4. The highest BCUT2D eigenvalue weighted by Crippen LogP contribution is 2.46. The fourth-order valence-corrected chi connectivity index (χ4v) is 5.68. The molecule has 0 unspecified atom stereocenters. The molecular weight excluding hydrogens is 467 g/mol. The molecule has 2 aliphatic carbocycles. The van der Waals surface area contributed by atoms with E-state index >= 15 is 0 Å². The third-order valence-electron chi connectivity index (χ3n) is 4.93. The molecule has 8 heteroatoms. The molecule has 4 nitrogen and oxygen atoms in total. The summed E-state index contributed by atoms with van der Waals surface area (Å²) in [5.74, 6) is 0.120. The molecule has 0 N–H and O–H groups in total. The largest absolute Gasteiger partial charge is 0.529 e. The summed E-state index contributed by atoms with van der Waals surface area (Å²) in [5.41, 5.74) is 3.38. The maximum Gasteiger partial charge on any atom is 0.341 e. The second kappa shape index (κ2) is 7.48. The van der Waals surface area contributed by atoms with Crippen molar-refractivity contribution in [2.45, 2.75) is 33.1 Å². The first kappa shape index (κ1) is 22.1. The van der Waals surface area contributed by atoms with Crippen molar-refractivity contribution in [2.75, 3.05) is 0 Å². The van der Waals surface area contributed by atoms with E-state index in [1.165, 1.54) is 0 Å². The van der Waals surface area contributed by atoms with Crippen molar-refractivity contribution in [2.24, 2.45) is 0 Å². The van der Waals surface area contributed by atoms with E-state index in [2.05, 4.69) is 0 Å². The van der Waals surface area contributed by atoms with E-state index in [1.807, 2.05) is 51.3 Å². The lowest BCUT2D eigenvalue weighted by Crippen LogP contribution is -2.33. The molecule has 2 aromatic carbocycles. The number of ketones is 2. The van der Waals surface area contributed by atoms with Crippen LogP contribution in [0.2, 0.25) is 26.2 Å². The number of hydrogen-bond acceptors (Lipinski definition) is 4. The fraction of sp³-hybridized carbons (Fsp3) is 0.217. The molecule has 0 atom stereocenters. The molecule has 31 heavy (non-hydrogen) atoms. The predicted octanol–water partition coefficient (Wildman–Crippen LogP) is 6.42. The zero-order valence-corrected chi connectivity index (χ0v) is 21.4. The maximum atomic E-state index is 13.7. The van der Waals surface area contributed by atoms with Crippen LogP contribution in [0.4, 0.5) is 0 Å². The van der Waals surface area contributed by atoms with Crippen LogP contribution < -0.4 is 0 Å². The minimum Gasteiger partial charge on any atom is -0.529 e. The highest BCUT2D eigenvalue weighted by Gasteiger charge is 2.44. The van der Waals surface area contributed by atoms with Crippen molar-refractivity contribution in [3.63, 3.8) is 0 Å². The Kier molecular flexibility index (Phi) is 5.33. The Morgan fingerprint density at radius 1 is 0.677 bits per heavy atom. The zero-order chi connectivity index (χ0) is 22.7. The Bertz CT molecular complexity index is 1200. The van der Waals surface area contributed by atoms with Gasteiger partial charge >= 0.3 is 15.3 Å². The molecule has 0 fully saturated rings. The van der Waals surface area contributed by atoms with Crippen LogP contribution in [0.1, 0.15) is 37.4 Å². The maximum absolute atomic E-state index is 13.7. The number of aryl methyl sites for hydroxylation is 1. The monoisotopic (exact) mass is 488 g/mol. The van der Waals surface area contributed by atoms with Crippen molar-refractivity contribution < 1.29 is 18.4 Å². The Morgan fingerprint density at radius 3 is 1.65 bits per heavy atom. The smallest absolute Gasteiger partial charge is 0.341 e. The van der Waals surface area contributed by atoms with Crippen LogP contribution in [0.15, 0.2) is 53.6 Å². The number of carbonyl (C=O) groups is 2. The Labute approximate surface area is 193 Å². The molecule has 0 radical (unpaired) electrons. The van der Waals surface area contributed by atoms with E-state index in [0.717, 1.165) is 5.56 Å². The SMILES string of the molecule is Cc1ccc2c(c1)C(=O)C1=C(O[Si](C)(C)Cl)c3ccccc3C(=O)C1=C2O[Si](C)(C)Cl. The van der Waals surface area contributed by atoms with E-state index in [4.69, 9.17) is 31.0 Å². The molecule has 0 saturated carbocycles. The number of halogens is 2. The van der Waals surface area contributed by atoms with Crippen LogP contribution in [-0.4, -0.2) is 26.8 Å². The van der Waals surface area contributed by atoms with Crippen LogP contribution in [0.25, 0.3) is 11.5 Å². The minimum absolute atomic E-state index is 0.200. The second-order valence-electron chi connectivity index (χ2n) is 8.59. The number of carbonyl (C=O) groups excluding carboxylic acids is 2. The fourth-order valence-electron chi connectivity index (χ4n) is 3.82. The number of benzene rings is 2. The van der Waals surface area contributed by atoms with Crippen molar-refractivity contribution in [3.8, 4) is 0 Å². The number of Topliss-reactive ketones (excluding diaryl/α,β-unsaturated/α-hetero) is 2. The van der Waals surface area contributed by atoms with Gasteiger partial charge < -0.3 is 8.85 Å². The standard InChI is InChI=1S/C23H22Cl2O4Si2/c1-13-10-11-16-17(12-13)21(27)19-18(23(16)29-31(4,5)25)20(26)14-8-6-7-9-15(14)22(19)28-30(2,3)24/h6-12H,1-5H3. The van der Waals surface area contributed by atoms with E-state index < -0.39 is 15.3 Å². The van der Waals surface area contributed by atoms with Crippen LogP contribution in [0, 0.1) is 6.92 Å². The van der Waals surface area contributed by atoms with Gasteiger partial charge in [-0.1, -0.05) is 42.0 Å². The first-order valence-electron chi connectivity index (χ1n) is 9.92. The van der Waals surface area contributed by atoms with Gasteiger partial charge in [-0.15, -0.1) is 22.2 Å². The summed E-state index contributed by atoms with van der Waals surface area (Å²) in [4.78, 5) is 27.4. The van der Waals surface area contributed by atoms with E-state index in [-0.39, 0.29) is 22.7 Å². The van der Waals surface area contributed by atoms with Gasteiger partial charge in [-0.2, -0.15) is 0 Å². The van der Waals surface area contributed by atoms with Crippen molar-refractivity contribution in [3.05, 3.63) is 81.4 Å². The van der Waals surface area contributed by atoms with Crippen molar-refractivity contribution in [1.29, 1.82) is 0 Å². The third kappa shape index (κ3) is 4.05. The minimum atomic E-state index is -2.65. The third-order valence-corrected chi connectivity index (χ3v) is 6.77. The lowest BCUT2D eigenvalue weighted by Gasteiger charge is -2.33. The average molecular weight is 490 g/mol. The summed E-state index contributed by atoms with van der Waals surface area (Å²) in [6.07, 6.45) is 0. The molecule has 4 rings (SSSR count). The summed E-state index contributed by atoms with van der Waals surface area (Å²) in [7, 11) is -5.29. The quantitative estimate of drug-likeness (QED) is 0.367. The van der Waals surface area contributed by atoms with Gasteiger partial charge in [0.05, 0.1) is 11.1 Å². The highest BCUT2D eigenvalue weighted by molar-refractivity contribution is 7.16. The van der Waals surface area contributed by atoms with Crippen molar-refractivity contribution in [1.82, 2.24) is 0 Å². The molecule has 0 saturated heterocycles. The van der Waals surface area contributed by atoms with Gasteiger partial charge in [-0.3, -0.25) is 9.59 Å². The van der Waals surface area contributed by atoms with Crippen LogP contribution in [0.5, 0.6) is 0 Å². The molecule has 160 valence electrons. The summed E-state index contributed by atoms with van der Waals surface area (Å²) in [6, 6.07) is 12.6. The number of fused-ring (bicyclic) bond motifs is 3. The molecule has 0 amide bonds. The van der Waals surface area contributed by atoms with E-state index in [9.17, 15) is 9.59 Å². The molecule has 0 bridgehead atoms. The van der Waals surface area contributed by atoms with Gasteiger partial charge in [-0.25, -0.2) is 0 Å². The molecule has 0 aliphatic heterocycles. The summed E-state index contributed by atoms with van der Waals surface area (Å²) in [6.45, 7) is 9.20. The Morgan fingerprint density at radius 2 is 1.13 bits per heavy atom. The van der Waals surface area contributed by atoms with Gasteiger partial charge in [0.15, 0.2) is 11.6 Å². The molecule has 2 aromatic rings. The highest BCUT2D eigenvalue weighted by atomic mass is 35.6. The second-order valence-corrected chi connectivity index (χ2v) is 19.9. The number of rotatable bonds is 4. The molecule has 0 aromatic heterocycles. The van der Waals surface area contributed by atoms with Gasteiger partial charge in [0.2, 0.25) is 0 Å². The summed E-state index contributed by atoms with van der Waals surface area (Å²) in [5, 5.41) is 0. The Balaban J connectivity index is 2.14.